The molecule has 0 bridgehead atoms. The molecule has 0 radical (unpaired) electrons. The molecule has 0 heterocycles. The van der Waals surface area contributed by atoms with Gasteiger partial charge in [0, 0.05) is 27.7 Å². The van der Waals surface area contributed by atoms with E-state index in [-0.39, 0.29) is 5.91 Å². The van der Waals surface area contributed by atoms with Crippen LogP contribution >= 0.6 is 23.4 Å². The highest BCUT2D eigenvalue weighted by atomic mass is 35.5. The number of halogens is 1. The molecule has 6 heteroatoms. The van der Waals surface area contributed by atoms with E-state index in [1.807, 2.05) is 48.5 Å². The minimum absolute atomic E-state index is 0.118. The lowest BCUT2D eigenvalue weighted by Crippen LogP contribution is -2.17. The van der Waals surface area contributed by atoms with Crippen LogP contribution in [0.15, 0.2) is 58.5 Å². The van der Waals surface area contributed by atoms with Crippen molar-refractivity contribution >= 4 is 35.5 Å². The predicted molar refractivity (Wildman–Crippen MR) is 109 cm³/mol. The number of benzene rings is 2. The van der Waals surface area contributed by atoms with Crippen LogP contribution in [-0.2, 0) is 4.79 Å². The quantitative estimate of drug-likeness (QED) is 0.264. The van der Waals surface area contributed by atoms with E-state index in [0.29, 0.717) is 23.8 Å². The molecular formula is C20H23ClN2O2S. The summed E-state index contributed by atoms with van der Waals surface area (Å²) in [6, 6.07) is 15.2. The van der Waals surface area contributed by atoms with Gasteiger partial charge in [0.1, 0.15) is 5.75 Å². The maximum atomic E-state index is 11.9. The Morgan fingerprint density at radius 3 is 2.77 bits per heavy atom. The molecule has 0 aliphatic carbocycles. The number of unbranched alkanes of at least 4 members (excludes halogenated alkanes) is 1. The van der Waals surface area contributed by atoms with Gasteiger partial charge in [-0.15, -0.1) is 11.8 Å². The van der Waals surface area contributed by atoms with Crippen LogP contribution in [0.4, 0.5) is 0 Å². The van der Waals surface area contributed by atoms with Gasteiger partial charge in [0.25, 0.3) is 0 Å². The van der Waals surface area contributed by atoms with Crippen LogP contribution in [0.25, 0.3) is 0 Å². The molecule has 1 amide bonds. The second kappa shape index (κ2) is 11.6. The molecule has 1 N–H and O–H groups in total. The Hall–Kier alpha value is -1.98. The molecular weight excluding hydrogens is 368 g/mol. The fourth-order valence-electron chi connectivity index (χ4n) is 2.07. The fourth-order valence-corrected chi connectivity index (χ4v) is 3.04. The average Bonchev–Trinajstić information content (AvgIpc) is 2.65. The fraction of sp³-hybridized carbons (Fsp3) is 0.300. The first-order valence-corrected chi connectivity index (χ1v) is 9.97. The number of nitrogens with one attached hydrogen (secondary N) is 1. The zero-order valence-electron chi connectivity index (χ0n) is 14.8. The maximum absolute atomic E-state index is 11.9. The lowest BCUT2D eigenvalue weighted by atomic mass is 10.2. The minimum Gasteiger partial charge on any atom is -0.493 e. The van der Waals surface area contributed by atoms with Crippen molar-refractivity contribution in [3.05, 3.63) is 59.1 Å². The van der Waals surface area contributed by atoms with Crippen molar-refractivity contribution in [1.82, 2.24) is 5.43 Å². The van der Waals surface area contributed by atoms with Gasteiger partial charge in [0.05, 0.1) is 12.8 Å². The van der Waals surface area contributed by atoms with Crippen molar-refractivity contribution in [2.24, 2.45) is 5.10 Å². The summed E-state index contributed by atoms with van der Waals surface area (Å²) in [6.07, 6.45) is 4.10. The molecule has 4 nitrogen and oxygen atoms in total. The molecule has 2 aromatic carbocycles. The monoisotopic (exact) mass is 390 g/mol. The van der Waals surface area contributed by atoms with Gasteiger partial charge < -0.3 is 4.74 Å². The summed E-state index contributed by atoms with van der Waals surface area (Å²) in [5.74, 6) is 1.34. The van der Waals surface area contributed by atoms with Gasteiger partial charge in [-0.2, -0.15) is 5.10 Å². The van der Waals surface area contributed by atoms with Crippen molar-refractivity contribution in [1.29, 1.82) is 0 Å². The Bertz CT molecular complexity index is 720. The topological polar surface area (TPSA) is 50.7 Å². The van der Waals surface area contributed by atoms with E-state index in [2.05, 4.69) is 17.5 Å². The highest BCUT2D eigenvalue weighted by Gasteiger charge is 2.03. The maximum Gasteiger partial charge on any atom is 0.240 e. The summed E-state index contributed by atoms with van der Waals surface area (Å²) < 4.78 is 5.74. The van der Waals surface area contributed by atoms with Gasteiger partial charge >= 0.3 is 0 Å². The lowest BCUT2D eigenvalue weighted by molar-refractivity contribution is -0.120. The van der Waals surface area contributed by atoms with E-state index in [1.54, 1.807) is 18.0 Å². The lowest BCUT2D eigenvalue weighted by Gasteiger charge is -2.08. The van der Waals surface area contributed by atoms with Crippen molar-refractivity contribution in [3.8, 4) is 5.75 Å². The zero-order chi connectivity index (χ0) is 18.6. The minimum atomic E-state index is -0.118. The number of hydrogen-bond acceptors (Lipinski definition) is 4. The third-order valence-electron chi connectivity index (χ3n) is 3.48. The Labute approximate surface area is 164 Å². The molecule has 26 heavy (non-hydrogen) atoms. The summed E-state index contributed by atoms with van der Waals surface area (Å²) in [7, 11) is 0. The van der Waals surface area contributed by atoms with E-state index >= 15 is 0 Å². The van der Waals surface area contributed by atoms with E-state index in [0.717, 1.165) is 29.1 Å². The van der Waals surface area contributed by atoms with Gasteiger partial charge in [0.15, 0.2) is 0 Å². The molecule has 0 aliphatic heterocycles. The summed E-state index contributed by atoms with van der Waals surface area (Å²) in [5, 5.41) is 4.75. The summed E-state index contributed by atoms with van der Waals surface area (Å²) >= 11 is 7.46. The molecule has 0 aliphatic rings. The Kier molecular flexibility index (Phi) is 9.07. The molecule has 0 saturated heterocycles. The summed E-state index contributed by atoms with van der Waals surface area (Å²) in [6.45, 7) is 2.80. The standard InChI is InChI=1S/C20H23ClN2O2S/c1-2-3-13-25-19-7-5-4-6-16(19)15-22-23-20(24)12-14-26-18-10-8-17(21)9-11-18/h4-11,15H,2-3,12-14H2,1H3,(H,23,24)/b22-15-. The number of ether oxygens (including phenoxy) is 1. The van der Waals surface area contributed by atoms with E-state index in [4.69, 9.17) is 16.3 Å². The number of hydrazone groups is 1. The second-order valence-electron chi connectivity index (χ2n) is 5.59. The van der Waals surface area contributed by atoms with Crippen LogP contribution in [0, 0.1) is 0 Å². The Balaban J connectivity index is 1.75. The molecule has 0 unspecified atom stereocenters. The van der Waals surface area contributed by atoms with E-state index in [1.165, 1.54) is 0 Å². The molecule has 0 atom stereocenters. The molecule has 138 valence electrons. The van der Waals surface area contributed by atoms with Crippen LogP contribution < -0.4 is 10.2 Å². The first kappa shape index (κ1) is 20.3. The van der Waals surface area contributed by atoms with Gasteiger partial charge in [0.2, 0.25) is 5.91 Å². The molecule has 0 spiro atoms. The molecule has 0 aromatic heterocycles. The molecule has 0 fully saturated rings. The summed E-state index contributed by atoms with van der Waals surface area (Å²) in [4.78, 5) is 13.0. The average molecular weight is 391 g/mol. The number of thioether (sulfide) groups is 1. The van der Waals surface area contributed by atoms with Crippen LogP contribution in [0.5, 0.6) is 5.75 Å². The van der Waals surface area contributed by atoms with Gasteiger partial charge in [-0.1, -0.05) is 37.1 Å². The number of amides is 1. The zero-order valence-corrected chi connectivity index (χ0v) is 16.4. The Morgan fingerprint density at radius 1 is 1.23 bits per heavy atom. The second-order valence-corrected chi connectivity index (χ2v) is 7.19. The molecule has 0 saturated carbocycles. The third-order valence-corrected chi connectivity index (χ3v) is 4.74. The van der Waals surface area contributed by atoms with E-state index < -0.39 is 0 Å². The van der Waals surface area contributed by atoms with Gasteiger partial charge in [-0.05, 0) is 42.8 Å². The van der Waals surface area contributed by atoms with Gasteiger partial charge in [-0.25, -0.2) is 5.43 Å². The van der Waals surface area contributed by atoms with Crippen molar-refractivity contribution in [2.45, 2.75) is 31.1 Å². The SMILES string of the molecule is CCCCOc1ccccc1/C=N\NC(=O)CCSc1ccc(Cl)cc1. The largest absolute Gasteiger partial charge is 0.493 e. The van der Waals surface area contributed by atoms with Crippen molar-refractivity contribution in [2.75, 3.05) is 12.4 Å². The Morgan fingerprint density at radius 2 is 2.00 bits per heavy atom. The van der Waals surface area contributed by atoms with Crippen LogP contribution in [-0.4, -0.2) is 24.5 Å². The van der Waals surface area contributed by atoms with Crippen molar-refractivity contribution in [3.63, 3.8) is 0 Å². The number of rotatable bonds is 10. The van der Waals surface area contributed by atoms with Crippen LogP contribution in [0.2, 0.25) is 5.02 Å². The first-order chi connectivity index (χ1) is 12.7. The number of carbonyl (C=O) groups excluding carboxylic acids is 1. The third kappa shape index (κ3) is 7.50. The van der Waals surface area contributed by atoms with Gasteiger partial charge in [-0.3, -0.25) is 4.79 Å². The number of para-hydroxylation sites is 1. The highest BCUT2D eigenvalue weighted by molar-refractivity contribution is 7.99. The van der Waals surface area contributed by atoms with E-state index in [9.17, 15) is 4.79 Å². The smallest absolute Gasteiger partial charge is 0.240 e. The van der Waals surface area contributed by atoms with Crippen molar-refractivity contribution < 1.29 is 9.53 Å². The van der Waals surface area contributed by atoms with Crippen LogP contribution in [0.3, 0.4) is 0 Å². The molecule has 2 aromatic rings. The molecule has 2 rings (SSSR count). The number of carbonyl (C=O) groups is 1. The predicted octanol–water partition coefficient (Wildman–Crippen LogP) is 5.15. The number of hydrogen-bond donors (Lipinski definition) is 1. The first-order valence-electron chi connectivity index (χ1n) is 8.61. The normalized spacial score (nSPS) is 10.8. The number of nitrogens with zero attached hydrogens (tertiary/aromatic N) is 1. The highest BCUT2D eigenvalue weighted by Crippen LogP contribution is 2.21. The van der Waals surface area contributed by atoms with Crippen LogP contribution in [0.1, 0.15) is 31.7 Å². The summed E-state index contributed by atoms with van der Waals surface area (Å²) in [5.41, 5.74) is 3.41.